The van der Waals surface area contributed by atoms with E-state index in [4.69, 9.17) is 4.74 Å². The quantitative estimate of drug-likeness (QED) is 0.733. The summed E-state index contributed by atoms with van der Waals surface area (Å²) in [7, 11) is -3.23. The van der Waals surface area contributed by atoms with Gasteiger partial charge in [-0.25, -0.2) is 8.42 Å². The van der Waals surface area contributed by atoms with Gasteiger partial charge in [0.1, 0.15) is 17.3 Å². The van der Waals surface area contributed by atoms with E-state index in [1.807, 2.05) is 13.8 Å². The van der Waals surface area contributed by atoms with Gasteiger partial charge in [0.25, 0.3) is 0 Å². The zero-order chi connectivity index (χ0) is 13.4. The first-order valence-corrected chi connectivity index (χ1v) is 7.92. The van der Waals surface area contributed by atoms with Crippen molar-refractivity contribution in [1.29, 1.82) is 0 Å². The molecule has 102 valence electrons. The summed E-state index contributed by atoms with van der Waals surface area (Å²) in [4.78, 5) is 0.295. The number of hydrogen-bond acceptors (Lipinski definition) is 4. The van der Waals surface area contributed by atoms with E-state index >= 15 is 0 Å². The zero-order valence-corrected chi connectivity index (χ0v) is 11.8. The fraction of sp³-hybridized carbons (Fsp3) is 0.538. The third kappa shape index (κ3) is 4.31. The molecular weight excluding hydrogens is 250 g/mol. The summed E-state index contributed by atoms with van der Waals surface area (Å²) in [5.41, 5.74) is 0. The van der Waals surface area contributed by atoms with Crippen LogP contribution in [0, 0.1) is 0 Å². The van der Waals surface area contributed by atoms with Crippen LogP contribution >= 0.6 is 0 Å². The fourth-order valence-electron chi connectivity index (χ4n) is 1.61. The van der Waals surface area contributed by atoms with Crippen LogP contribution in [0.5, 0.6) is 5.75 Å². The van der Waals surface area contributed by atoms with Crippen molar-refractivity contribution in [2.75, 3.05) is 25.4 Å². The molecule has 0 fully saturated rings. The summed E-state index contributed by atoms with van der Waals surface area (Å²) in [6.45, 7) is 5.91. The Labute approximate surface area is 109 Å². The van der Waals surface area contributed by atoms with Crippen molar-refractivity contribution in [2.24, 2.45) is 0 Å². The standard InChI is InChI=1S/C13H21NO3S/c1-3-11-18(15,16)13-8-6-5-7-12(13)17-10-9-14-4-2/h5-8,14H,3-4,9-11H2,1-2H3. The number of benzene rings is 1. The molecule has 0 saturated carbocycles. The Hall–Kier alpha value is -1.07. The first kappa shape index (κ1) is 15.0. The Balaban J connectivity index is 2.80. The van der Waals surface area contributed by atoms with Gasteiger partial charge in [-0.2, -0.15) is 0 Å². The summed E-state index contributed by atoms with van der Waals surface area (Å²) in [6.07, 6.45) is 0.605. The fourth-order valence-corrected chi connectivity index (χ4v) is 3.09. The van der Waals surface area contributed by atoms with Crippen LogP contribution in [0.1, 0.15) is 20.3 Å². The van der Waals surface area contributed by atoms with Gasteiger partial charge in [-0.3, -0.25) is 0 Å². The molecule has 0 unspecified atom stereocenters. The molecule has 0 aromatic heterocycles. The van der Waals surface area contributed by atoms with Gasteiger partial charge in [-0.1, -0.05) is 26.0 Å². The molecule has 1 N–H and O–H groups in total. The Morgan fingerprint density at radius 1 is 1.22 bits per heavy atom. The summed E-state index contributed by atoms with van der Waals surface area (Å²) >= 11 is 0. The SMILES string of the molecule is CCCS(=O)(=O)c1ccccc1OCCNCC. The molecule has 1 rings (SSSR count). The van der Waals surface area contributed by atoms with Crippen molar-refractivity contribution in [3.63, 3.8) is 0 Å². The molecule has 0 aliphatic heterocycles. The van der Waals surface area contributed by atoms with E-state index in [0.29, 0.717) is 30.2 Å². The van der Waals surface area contributed by atoms with Crippen LogP contribution in [0.4, 0.5) is 0 Å². The lowest BCUT2D eigenvalue weighted by molar-refractivity contribution is 0.307. The van der Waals surface area contributed by atoms with Crippen molar-refractivity contribution in [1.82, 2.24) is 5.32 Å². The first-order valence-electron chi connectivity index (χ1n) is 6.27. The van der Waals surface area contributed by atoms with Crippen LogP contribution in [0.3, 0.4) is 0 Å². The average Bonchev–Trinajstić information content (AvgIpc) is 2.35. The number of likely N-dealkylation sites (N-methyl/N-ethyl adjacent to an activating group) is 1. The van der Waals surface area contributed by atoms with Gasteiger partial charge >= 0.3 is 0 Å². The molecule has 0 spiro atoms. The number of para-hydroxylation sites is 1. The third-order valence-corrected chi connectivity index (χ3v) is 4.40. The molecule has 0 amide bonds. The maximum atomic E-state index is 12.0. The monoisotopic (exact) mass is 271 g/mol. The molecule has 4 nitrogen and oxygen atoms in total. The van der Waals surface area contributed by atoms with Gasteiger partial charge in [0.15, 0.2) is 9.84 Å². The molecule has 1 aromatic rings. The van der Waals surface area contributed by atoms with Gasteiger partial charge in [-0.15, -0.1) is 0 Å². The van der Waals surface area contributed by atoms with Crippen LogP contribution in [0.15, 0.2) is 29.2 Å². The number of nitrogens with one attached hydrogen (secondary N) is 1. The van der Waals surface area contributed by atoms with E-state index in [1.165, 1.54) is 0 Å². The number of ether oxygens (including phenoxy) is 1. The van der Waals surface area contributed by atoms with Crippen LogP contribution in [-0.2, 0) is 9.84 Å². The number of sulfone groups is 1. The van der Waals surface area contributed by atoms with E-state index in [9.17, 15) is 8.42 Å². The lowest BCUT2D eigenvalue weighted by Crippen LogP contribution is -2.21. The van der Waals surface area contributed by atoms with Crippen LogP contribution in [-0.4, -0.2) is 33.9 Å². The molecule has 0 bridgehead atoms. The molecule has 0 atom stereocenters. The smallest absolute Gasteiger partial charge is 0.182 e. The van der Waals surface area contributed by atoms with E-state index in [-0.39, 0.29) is 5.75 Å². The van der Waals surface area contributed by atoms with Crippen molar-refractivity contribution in [3.05, 3.63) is 24.3 Å². The minimum atomic E-state index is -3.23. The van der Waals surface area contributed by atoms with Gasteiger partial charge in [-0.05, 0) is 25.1 Å². The molecule has 18 heavy (non-hydrogen) atoms. The highest BCUT2D eigenvalue weighted by Gasteiger charge is 2.18. The summed E-state index contributed by atoms with van der Waals surface area (Å²) in [5.74, 6) is 0.601. The summed E-state index contributed by atoms with van der Waals surface area (Å²) in [5, 5.41) is 3.13. The Kier molecular flexibility index (Phi) is 6.15. The second kappa shape index (κ2) is 7.38. The highest BCUT2D eigenvalue weighted by atomic mass is 32.2. The molecule has 0 aliphatic carbocycles. The lowest BCUT2D eigenvalue weighted by Gasteiger charge is -2.11. The van der Waals surface area contributed by atoms with E-state index in [0.717, 1.165) is 6.54 Å². The van der Waals surface area contributed by atoms with E-state index < -0.39 is 9.84 Å². The molecule has 0 aliphatic rings. The summed E-state index contributed by atoms with van der Waals surface area (Å²) < 4.78 is 29.6. The second-order valence-electron chi connectivity index (χ2n) is 3.97. The van der Waals surface area contributed by atoms with Gasteiger partial charge in [0.2, 0.25) is 0 Å². The Morgan fingerprint density at radius 2 is 1.94 bits per heavy atom. The Bertz CT molecular complexity index is 457. The first-order chi connectivity index (χ1) is 8.61. The molecule has 5 heteroatoms. The largest absolute Gasteiger partial charge is 0.491 e. The van der Waals surface area contributed by atoms with Crippen molar-refractivity contribution in [3.8, 4) is 5.75 Å². The van der Waals surface area contributed by atoms with Crippen LogP contribution in [0.25, 0.3) is 0 Å². The minimum absolute atomic E-state index is 0.153. The third-order valence-electron chi connectivity index (χ3n) is 2.44. The predicted molar refractivity (Wildman–Crippen MR) is 72.8 cm³/mol. The molecule has 0 radical (unpaired) electrons. The number of hydrogen-bond donors (Lipinski definition) is 1. The van der Waals surface area contributed by atoms with Crippen molar-refractivity contribution >= 4 is 9.84 Å². The van der Waals surface area contributed by atoms with Crippen molar-refractivity contribution in [2.45, 2.75) is 25.2 Å². The average molecular weight is 271 g/mol. The van der Waals surface area contributed by atoms with Gasteiger partial charge in [0.05, 0.1) is 5.75 Å². The van der Waals surface area contributed by atoms with Crippen LogP contribution in [0.2, 0.25) is 0 Å². The molecule has 0 heterocycles. The Morgan fingerprint density at radius 3 is 2.61 bits per heavy atom. The van der Waals surface area contributed by atoms with E-state index in [1.54, 1.807) is 24.3 Å². The van der Waals surface area contributed by atoms with Crippen molar-refractivity contribution < 1.29 is 13.2 Å². The topological polar surface area (TPSA) is 55.4 Å². The normalized spacial score (nSPS) is 11.4. The number of rotatable bonds is 8. The minimum Gasteiger partial charge on any atom is -0.491 e. The molecule has 1 aromatic carbocycles. The van der Waals surface area contributed by atoms with Crippen LogP contribution < -0.4 is 10.1 Å². The summed E-state index contributed by atoms with van der Waals surface area (Å²) in [6, 6.07) is 6.81. The zero-order valence-electron chi connectivity index (χ0n) is 11.0. The molecular formula is C13H21NO3S. The van der Waals surface area contributed by atoms with Gasteiger partial charge < -0.3 is 10.1 Å². The maximum Gasteiger partial charge on any atom is 0.182 e. The second-order valence-corrected chi connectivity index (χ2v) is 6.05. The highest BCUT2D eigenvalue weighted by molar-refractivity contribution is 7.91. The van der Waals surface area contributed by atoms with E-state index in [2.05, 4.69) is 5.32 Å². The lowest BCUT2D eigenvalue weighted by atomic mass is 10.3. The molecule has 0 saturated heterocycles. The predicted octanol–water partition coefficient (Wildman–Crippen LogP) is 1.86. The van der Waals surface area contributed by atoms with Gasteiger partial charge in [0, 0.05) is 6.54 Å². The maximum absolute atomic E-state index is 12.0. The highest BCUT2D eigenvalue weighted by Crippen LogP contribution is 2.24.